The van der Waals surface area contributed by atoms with Crippen LogP contribution in [0.4, 0.5) is 5.69 Å². The van der Waals surface area contributed by atoms with Crippen molar-refractivity contribution in [3.63, 3.8) is 0 Å². The van der Waals surface area contributed by atoms with Crippen LogP contribution >= 0.6 is 23.2 Å². The Kier molecular flexibility index (Phi) is 8.95. The molecule has 174 valence electrons. The van der Waals surface area contributed by atoms with Gasteiger partial charge in [0.25, 0.3) is 0 Å². The molecule has 0 spiro atoms. The normalized spacial score (nSPS) is 12.2. The first kappa shape index (κ1) is 26.0. The van der Waals surface area contributed by atoms with Gasteiger partial charge in [0.2, 0.25) is 21.8 Å². The van der Waals surface area contributed by atoms with Crippen molar-refractivity contribution >= 4 is 50.7 Å². The fraction of sp³-hybridized carbons (Fsp3) is 0.364. The smallest absolute Gasteiger partial charge is 0.244 e. The van der Waals surface area contributed by atoms with Crippen molar-refractivity contribution in [1.29, 1.82) is 0 Å². The number of amides is 2. The highest BCUT2D eigenvalue weighted by Gasteiger charge is 2.31. The van der Waals surface area contributed by atoms with Crippen molar-refractivity contribution in [1.82, 2.24) is 10.2 Å². The maximum absolute atomic E-state index is 13.4. The molecule has 0 aromatic heterocycles. The summed E-state index contributed by atoms with van der Waals surface area (Å²) in [4.78, 5) is 27.4. The lowest BCUT2D eigenvalue weighted by molar-refractivity contribution is -0.140. The third-order valence-corrected chi connectivity index (χ3v) is 6.98. The van der Waals surface area contributed by atoms with Gasteiger partial charge in [0, 0.05) is 13.6 Å². The molecule has 0 radical (unpaired) electrons. The molecule has 2 aromatic carbocycles. The zero-order valence-electron chi connectivity index (χ0n) is 18.4. The lowest BCUT2D eigenvalue weighted by Crippen LogP contribution is -2.51. The molecule has 0 aliphatic rings. The monoisotopic (exact) mass is 499 g/mol. The van der Waals surface area contributed by atoms with Crippen molar-refractivity contribution in [2.24, 2.45) is 0 Å². The maximum Gasteiger partial charge on any atom is 0.244 e. The van der Waals surface area contributed by atoms with Gasteiger partial charge in [-0.15, -0.1) is 0 Å². The minimum atomic E-state index is -3.83. The Morgan fingerprint density at radius 2 is 1.75 bits per heavy atom. The molecule has 0 bridgehead atoms. The van der Waals surface area contributed by atoms with Gasteiger partial charge in [0.15, 0.2) is 0 Å². The van der Waals surface area contributed by atoms with Crippen LogP contribution in [0, 0.1) is 6.92 Å². The van der Waals surface area contributed by atoms with Crippen molar-refractivity contribution in [3.05, 3.63) is 63.6 Å². The molecule has 0 heterocycles. The fourth-order valence-electron chi connectivity index (χ4n) is 3.31. The number of sulfonamides is 1. The summed E-state index contributed by atoms with van der Waals surface area (Å²) in [5, 5.41) is 3.02. The summed E-state index contributed by atoms with van der Waals surface area (Å²) in [7, 11) is -2.33. The number of aryl methyl sites for hydroxylation is 1. The molecule has 0 fully saturated rings. The number of benzene rings is 2. The number of rotatable bonds is 9. The number of hydrogen-bond donors (Lipinski definition) is 1. The van der Waals surface area contributed by atoms with E-state index in [0.717, 1.165) is 21.7 Å². The predicted molar refractivity (Wildman–Crippen MR) is 129 cm³/mol. The number of halogens is 2. The van der Waals surface area contributed by atoms with Crippen molar-refractivity contribution < 1.29 is 18.0 Å². The zero-order chi connectivity index (χ0) is 24.1. The number of nitrogens with zero attached hydrogens (tertiary/aromatic N) is 2. The Bertz CT molecular complexity index is 1090. The summed E-state index contributed by atoms with van der Waals surface area (Å²) >= 11 is 12.0. The molecule has 0 saturated carbocycles. The molecule has 1 N–H and O–H groups in total. The molecule has 2 amide bonds. The Hall–Kier alpha value is -2.29. The zero-order valence-corrected chi connectivity index (χ0v) is 20.8. The summed E-state index contributed by atoms with van der Waals surface area (Å²) in [5.41, 5.74) is 2.03. The van der Waals surface area contributed by atoms with Gasteiger partial charge < -0.3 is 10.2 Å². The molecule has 2 aromatic rings. The van der Waals surface area contributed by atoms with Gasteiger partial charge in [-0.05, 0) is 42.7 Å². The van der Waals surface area contributed by atoms with Gasteiger partial charge in [-0.2, -0.15) is 0 Å². The Morgan fingerprint density at radius 3 is 2.28 bits per heavy atom. The SMILES string of the molecule is CC[C@@H](C(=O)NC)N(Cc1ccccc1C)C(=O)CN(c1ccc(Cl)c(Cl)c1)S(C)(=O)=O. The molecular weight excluding hydrogens is 473 g/mol. The molecule has 0 aliphatic heterocycles. The third kappa shape index (κ3) is 6.37. The van der Waals surface area contributed by atoms with Crippen LogP contribution in [-0.4, -0.2) is 51.0 Å². The molecule has 2 rings (SSSR count). The quantitative estimate of drug-likeness (QED) is 0.570. The first-order valence-corrected chi connectivity index (χ1v) is 12.6. The molecule has 32 heavy (non-hydrogen) atoms. The van der Waals surface area contributed by atoms with E-state index in [0.29, 0.717) is 6.42 Å². The summed E-state index contributed by atoms with van der Waals surface area (Å²) in [6.45, 7) is 3.38. The fourth-order valence-corrected chi connectivity index (χ4v) is 4.44. The number of carbonyl (C=O) groups is 2. The van der Waals surface area contributed by atoms with Crippen LogP contribution in [0.15, 0.2) is 42.5 Å². The van der Waals surface area contributed by atoms with Crippen LogP contribution in [0.1, 0.15) is 24.5 Å². The van der Waals surface area contributed by atoms with Crippen molar-refractivity contribution in [2.75, 3.05) is 24.2 Å². The number of carbonyl (C=O) groups excluding carboxylic acids is 2. The van der Waals surface area contributed by atoms with E-state index in [1.165, 1.54) is 30.1 Å². The molecule has 0 aliphatic carbocycles. The third-order valence-electron chi connectivity index (χ3n) is 5.10. The van der Waals surface area contributed by atoms with E-state index in [-0.39, 0.29) is 28.2 Å². The van der Waals surface area contributed by atoms with E-state index in [9.17, 15) is 18.0 Å². The number of nitrogens with one attached hydrogen (secondary N) is 1. The Labute approximate surface area is 199 Å². The van der Waals surface area contributed by atoms with Crippen molar-refractivity contribution in [3.8, 4) is 0 Å². The highest BCUT2D eigenvalue weighted by atomic mass is 35.5. The van der Waals surface area contributed by atoms with Gasteiger partial charge in [0.1, 0.15) is 12.6 Å². The van der Waals surface area contributed by atoms with Gasteiger partial charge >= 0.3 is 0 Å². The largest absolute Gasteiger partial charge is 0.357 e. The van der Waals surface area contributed by atoms with E-state index in [4.69, 9.17) is 23.2 Å². The number of hydrogen-bond acceptors (Lipinski definition) is 4. The van der Waals surface area contributed by atoms with Crippen LogP contribution in [0.5, 0.6) is 0 Å². The molecular formula is C22H27Cl2N3O4S. The van der Waals surface area contributed by atoms with Gasteiger partial charge in [-0.25, -0.2) is 8.42 Å². The summed E-state index contributed by atoms with van der Waals surface area (Å²) in [6, 6.07) is 11.1. The average molecular weight is 500 g/mol. The summed E-state index contributed by atoms with van der Waals surface area (Å²) in [6.07, 6.45) is 1.37. The first-order chi connectivity index (χ1) is 15.0. The van der Waals surface area contributed by atoms with Crippen LogP contribution in [0.3, 0.4) is 0 Å². The van der Waals surface area contributed by atoms with Crippen LogP contribution in [0.2, 0.25) is 10.0 Å². The predicted octanol–water partition coefficient (Wildman–Crippen LogP) is 3.62. The number of anilines is 1. The summed E-state index contributed by atoms with van der Waals surface area (Å²) in [5.74, 6) is -0.838. The molecule has 7 nitrogen and oxygen atoms in total. The average Bonchev–Trinajstić information content (AvgIpc) is 2.74. The standard InChI is InChI=1S/C22H27Cl2N3O4S/c1-5-20(22(29)25-3)26(13-16-9-7-6-8-15(16)2)21(28)14-27(32(4,30)31)17-10-11-18(23)19(24)12-17/h6-12,20H,5,13-14H2,1-4H3,(H,25,29)/t20-/m0/s1. The van der Waals surface area contributed by atoms with E-state index in [1.807, 2.05) is 31.2 Å². The van der Waals surface area contributed by atoms with E-state index in [2.05, 4.69) is 5.32 Å². The van der Waals surface area contributed by atoms with Gasteiger partial charge in [-0.1, -0.05) is 54.4 Å². The highest BCUT2D eigenvalue weighted by Crippen LogP contribution is 2.28. The molecule has 0 unspecified atom stereocenters. The second-order valence-corrected chi connectivity index (χ2v) is 10.1. The van der Waals surface area contributed by atoms with E-state index >= 15 is 0 Å². The van der Waals surface area contributed by atoms with E-state index < -0.39 is 28.5 Å². The Balaban J connectivity index is 2.46. The summed E-state index contributed by atoms with van der Waals surface area (Å²) < 4.78 is 26.0. The Morgan fingerprint density at radius 1 is 1.09 bits per heavy atom. The van der Waals surface area contributed by atoms with E-state index in [1.54, 1.807) is 6.92 Å². The van der Waals surface area contributed by atoms with Gasteiger partial charge in [-0.3, -0.25) is 13.9 Å². The number of likely N-dealkylation sites (N-methyl/N-ethyl adjacent to an activating group) is 1. The van der Waals surface area contributed by atoms with Crippen LogP contribution in [-0.2, 0) is 26.2 Å². The van der Waals surface area contributed by atoms with Crippen LogP contribution < -0.4 is 9.62 Å². The molecule has 0 saturated heterocycles. The van der Waals surface area contributed by atoms with Crippen molar-refractivity contribution in [2.45, 2.75) is 32.9 Å². The molecule has 10 heteroatoms. The minimum absolute atomic E-state index is 0.163. The maximum atomic E-state index is 13.4. The second-order valence-electron chi connectivity index (χ2n) is 7.35. The van der Waals surface area contributed by atoms with Gasteiger partial charge in [0.05, 0.1) is 22.0 Å². The lowest BCUT2D eigenvalue weighted by Gasteiger charge is -2.33. The first-order valence-electron chi connectivity index (χ1n) is 9.97. The highest BCUT2D eigenvalue weighted by molar-refractivity contribution is 7.92. The second kappa shape index (κ2) is 11.0. The molecule has 1 atom stereocenters. The van der Waals surface area contributed by atoms with Crippen LogP contribution in [0.25, 0.3) is 0 Å². The topological polar surface area (TPSA) is 86.8 Å². The minimum Gasteiger partial charge on any atom is -0.357 e. The lowest BCUT2D eigenvalue weighted by atomic mass is 10.1.